The second-order valence-corrected chi connectivity index (χ2v) is 8.02. The van der Waals surface area contributed by atoms with Crippen LogP contribution in [0.15, 0.2) is 59.4 Å². The Morgan fingerprint density at radius 3 is 2.73 bits per heavy atom. The van der Waals surface area contributed by atoms with Crippen LogP contribution in [0, 0.1) is 0 Å². The minimum Gasteiger partial charge on any atom is -0.497 e. The number of benzene rings is 2. The van der Waals surface area contributed by atoms with Crippen molar-refractivity contribution in [3.8, 4) is 17.1 Å². The molecule has 9 nitrogen and oxygen atoms in total. The number of rotatable bonds is 6. The monoisotopic (exact) mass is 444 g/mol. The van der Waals surface area contributed by atoms with E-state index in [0.29, 0.717) is 31.2 Å². The van der Waals surface area contributed by atoms with E-state index in [0.717, 1.165) is 34.0 Å². The summed E-state index contributed by atoms with van der Waals surface area (Å²) in [6.07, 6.45) is 2.40. The molecule has 168 valence electrons. The lowest BCUT2D eigenvalue weighted by molar-refractivity contribution is -0.114. The van der Waals surface area contributed by atoms with Gasteiger partial charge in [-0.25, -0.2) is 4.98 Å². The van der Waals surface area contributed by atoms with Crippen molar-refractivity contribution in [2.45, 2.75) is 32.5 Å². The van der Waals surface area contributed by atoms with E-state index in [2.05, 4.69) is 25.3 Å². The summed E-state index contributed by atoms with van der Waals surface area (Å²) >= 11 is 0. The van der Waals surface area contributed by atoms with E-state index in [1.807, 2.05) is 48.5 Å². The minimum absolute atomic E-state index is 0.0883. The number of hydrogen-bond acceptors (Lipinski definition) is 7. The van der Waals surface area contributed by atoms with Gasteiger partial charge < -0.3 is 19.6 Å². The van der Waals surface area contributed by atoms with Gasteiger partial charge in [-0.15, -0.1) is 0 Å². The summed E-state index contributed by atoms with van der Waals surface area (Å²) in [6, 6.07) is 15.3. The Kier molecular flexibility index (Phi) is 5.62. The van der Waals surface area contributed by atoms with Gasteiger partial charge in [-0.2, -0.15) is 4.98 Å². The first-order valence-corrected chi connectivity index (χ1v) is 10.7. The molecule has 2 aromatic carbocycles. The second kappa shape index (κ2) is 8.87. The van der Waals surface area contributed by atoms with E-state index < -0.39 is 0 Å². The molecule has 1 aliphatic rings. The molecule has 0 fully saturated rings. The molecule has 9 heteroatoms. The van der Waals surface area contributed by atoms with Gasteiger partial charge in [0.1, 0.15) is 5.75 Å². The molecule has 0 saturated carbocycles. The first-order chi connectivity index (χ1) is 16.1. The number of H-pyrrole nitrogens is 1. The van der Waals surface area contributed by atoms with E-state index >= 15 is 0 Å². The Morgan fingerprint density at radius 1 is 1.21 bits per heavy atom. The number of imidazole rings is 1. The van der Waals surface area contributed by atoms with Gasteiger partial charge in [-0.1, -0.05) is 17.3 Å². The maximum Gasteiger partial charge on any atom is 0.244 e. The van der Waals surface area contributed by atoms with Crippen molar-refractivity contribution >= 4 is 11.6 Å². The fourth-order valence-electron chi connectivity index (χ4n) is 4.06. The molecule has 0 spiro atoms. The predicted molar refractivity (Wildman–Crippen MR) is 121 cm³/mol. The number of carbonyl (C=O) groups excluding carboxylic acids is 1. The molecule has 4 aromatic rings. The van der Waals surface area contributed by atoms with Crippen molar-refractivity contribution in [1.29, 1.82) is 0 Å². The largest absolute Gasteiger partial charge is 0.497 e. The Labute approximate surface area is 190 Å². The van der Waals surface area contributed by atoms with Crippen LogP contribution in [-0.2, 0) is 24.3 Å². The molecular weight excluding hydrogens is 420 g/mol. The molecule has 1 atom stereocenters. The normalized spacial score (nSPS) is 15.8. The third-order valence-corrected chi connectivity index (χ3v) is 5.73. The zero-order valence-electron chi connectivity index (χ0n) is 18.4. The topological polar surface area (TPSA) is 109 Å². The summed E-state index contributed by atoms with van der Waals surface area (Å²) in [6.45, 7) is 2.87. The van der Waals surface area contributed by atoms with Crippen LogP contribution >= 0.6 is 0 Å². The van der Waals surface area contributed by atoms with Crippen LogP contribution in [0.1, 0.15) is 35.8 Å². The van der Waals surface area contributed by atoms with Gasteiger partial charge in [0, 0.05) is 37.7 Å². The van der Waals surface area contributed by atoms with Crippen molar-refractivity contribution in [2.24, 2.45) is 0 Å². The number of methoxy groups -OCH3 is 1. The maximum absolute atomic E-state index is 11.3. The standard InChI is InChI=1S/C24H24N6O3/c1-15(31)27-18-7-3-16(4-8-18)12-30-13-21-20(25-14-26-21)11-22(30)24-28-23(29-33-24)17-5-9-19(32-2)10-6-17/h3-10,14,22H,11-13H2,1-2H3,(H,25,26)(H,27,31)/t22-/m0/s1. The third-order valence-electron chi connectivity index (χ3n) is 5.73. The number of hydrogen-bond donors (Lipinski definition) is 2. The predicted octanol–water partition coefficient (Wildman–Crippen LogP) is 3.73. The van der Waals surface area contributed by atoms with Gasteiger partial charge in [-0.3, -0.25) is 9.69 Å². The number of carbonyl (C=O) groups is 1. The van der Waals surface area contributed by atoms with Crippen LogP contribution < -0.4 is 10.1 Å². The summed E-state index contributed by atoms with van der Waals surface area (Å²) in [4.78, 5) is 26.0. The van der Waals surface area contributed by atoms with Crippen molar-refractivity contribution in [3.63, 3.8) is 0 Å². The summed E-state index contributed by atoms with van der Waals surface area (Å²) in [5, 5.41) is 7.02. The number of anilines is 1. The second-order valence-electron chi connectivity index (χ2n) is 8.02. The number of aromatic amines is 1. The summed E-state index contributed by atoms with van der Waals surface area (Å²) in [5.41, 5.74) is 4.87. The number of fused-ring (bicyclic) bond motifs is 1. The Bertz CT molecular complexity index is 1250. The van der Waals surface area contributed by atoms with E-state index in [1.165, 1.54) is 6.92 Å². The number of nitrogens with one attached hydrogen (secondary N) is 2. The molecule has 1 aliphatic heterocycles. The fraction of sp³-hybridized carbons (Fsp3) is 0.250. The minimum atomic E-state index is -0.102. The molecule has 0 aliphatic carbocycles. The highest BCUT2D eigenvalue weighted by Crippen LogP contribution is 2.33. The lowest BCUT2D eigenvalue weighted by Gasteiger charge is -2.32. The van der Waals surface area contributed by atoms with Crippen LogP contribution in [0.2, 0.25) is 0 Å². The third kappa shape index (κ3) is 4.49. The number of ether oxygens (including phenoxy) is 1. The van der Waals surface area contributed by atoms with Crippen LogP contribution in [0.3, 0.4) is 0 Å². The number of nitrogens with zero attached hydrogens (tertiary/aromatic N) is 4. The number of aromatic nitrogens is 4. The van der Waals surface area contributed by atoms with Gasteiger partial charge in [0.15, 0.2) is 0 Å². The molecule has 1 amide bonds. The highest BCUT2D eigenvalue weighted by molar-refractivity contribution is 5.88. The van der Waals surface area contributed by atoms with Crippen molar-refractivity contribution in [2.75, 3.05) is 12.4 Å². The number of amides is 1. The van der Waals surface area contributed by atoms with E-state index in [-0.39, 0.29) is 11.9 Å². The fourth-order valence-corrected chi connectivity index (χ4v) is 4.06. The van der Waals surface area contributed by atoms with Gasteiger partial charge >= 0.3 is 0 Å². The molecule has 5 rings (SSSR count). The van der Waals surface area contributed by atoms with Crippen LogP contribution in [0.25, 0.3) is 11.4 Å². The first kappa shape index (κ1) is 20.9. The highest BCUT2D eigenvalue weighted by Gasteiger charge is 2.33. The molecule has 2 N–H and O–H groups in total. The zero-order chi connectivity index (χ0) is 22.8. The Balaban J connectivity index is 1.39. The zero-order valence-corrected chi connectivity index (χ0v) is 18.4. The SMILES string of the molecule is COc1ccc(-c2noc([C@@H]3Cc4nc[nH]c4CN3Cc3ccc(NC(C)=O)cc3)n2)cc1. The van der Waals surface area contributed by atoms with Gasteiger partial charge in [0.05, 0.1) is 30.9 Å². The van der Waals surface area contributed by atoms with Gasteiger partial charge in [0.2, 0.25) is 17.6 Å². The van der Waals surface area contributed by atoms with Crippen LogP contribution in [0.4, 0.5) is 5.69 Å². The molecule has 33 heavy (non-hydrogen) atoms. The van der Waals surface area contributed by atoms with Crippen molar-refractivity contribution < 1.29 is 14.1 Å². The quantitative estimate of drug-likeness (QED) is 0.466. The Hall–Kier alpha value is -3.98. The molecule has 0 unspecified atom stereocenters. The van der Waals surface area contributed by atoms with E-state index in [1.54, 1.807) is 13.4 Å². The molecule has 0 bridgehead atoms. The maximum atomic E-state index is 11.3. The van der Waals surface area contributed by atoms with Crippen LogP contribution in [-0.4, -0.2) is 38.0 Å². The molecule has 0 radical (unpaired) electrons. The van der Waals surface area contributed by atoms with E-state index in [9.17, 15) is 4.79 Å². The molecular formula is C24H24N6O3. The average Bonchev–Trinajstić information content (AvgIpc) is 3.49. The average molecular weight is 444 g/mol. The lowest BCUT2D eigenvalue weighted by atomic mass is 10.0. The van der Waals surface area contributed by atoms with E-state index in [4.69, 9.17) is 14.2 Å². The lowest BCUT2D eigenvalue weighted by Crippen LogP contribution is -2.34. The first-order valence-electron chi connectivity index (χ1n) is 10.7. The van der Waals surface area contributed by atoms with Crippen molar-refractivity contribution in [3.05, 3.63) is 77.7 Å². The summed E-state index contributed by atoms with van der Waals surface area (Å²) in [5.74, 6) is 1.79. The summed E-state index contributed by atoms with van der Waals surface area (Å²) in [7, 11) is 1.63. The van der Waals surface area contributed by atoms with Crippen molar-refractivity contribution in [1.82, 2.24) is 25.0 Å². The van der Waals surface area contributed by atoms with Crippen LogP contribution in [0.5, 0.6) is 5.75 Å². The molecule has 0 saturated heterocycles. The Morgan fingerprint density at radius 2 is 2.00 bits per heavy atom. The molecule has 3 heterocycles. The highest BCUT2D eigenvalue weighted by atomic mass is 16.5. The van der Waals surface area contributed by atoms with Gasteiger partial charge in [0.25, 0.3) is 0 Å². The van der Waals surface area contributed by atoms with Gasteiger partial charge in [-0.05, 0) is 42.0 Å². The smallest absolute Gasteiger partial charge is 0.244 e. The molecule has 2 aromatic heterocycles. The summed E-state index contributed by atoms with van der Waals surface area (Å²) < 4.78 is 10.9.